The minimum Gasteiger partial charge on any atom is -0.370 e. The van der Waals surface area contributed by atoms with Crippen LogP contribution in [0.15, 0.2) is 75.3 Å². The Kier molecular flexibility index (Phi) is 10.9. The molecule has 15 heteroatoms. The summed E-state index contributed by atoms with van der Waals surface area (Å²) in [6.07, 6.45) is 6.02. The number of halogens is 2. The number of guanidine groups is 1. The number of aromatic nitrogens is 5. The van der Waals surface area contributed by atoms with Crippen molar-refractivity contribution in [1.29, 1.82) is 5.41 Å². The van der Waals surface area contributed by atoms with Crippen LogP contribution in [0.3, 0.4) is 0 Å². The molecule has 0 unspecified atom stereocenters. The lowest BCUT2D eigenvalue weighted by Gasteiger charge is -2.20. The van der Waals surface area contributed by atoms with E-state index in [1.54, 1.807) is 36.5 Å². The van der Waals surface area contributed by atoms with Crippen LogP contribution in [-0.4, -0.2) is 48.7 Å². The number of benzene rings is 2. The summed E-state index contributed by atoms with van der Waals surface area (Å²) in [7, 11) is 0. The van der Waals surface area contributed by atoms with E-state index in [-0.39, 0.29) is 29.6 Å². The van der Waals surface area contributed by atoms with Crippen molar-refractivity contribution in [2.45, 2.75) is 57.8 Å². The molecule has 252 valence electrons. The van der Waals surface area contributed by atoms with Crippen molar-refractivity contribution in [2.75, 3.05) is 6.54 Å². The third-order valence-corrected chi connectivity index (χ3v) is 8.22. The number of hydrogen-bond acceptors (Lipinski definition) is 7. The standard InChI is InChI=1S/C33H38ClFN10O3/c1-19(36)3-2-4-21-13-25(29(35)26(34)14-21)27-15-22-17-45(33(48)43-30(22)41-27)24-7-5-20(6-8-24)16-40-23(9-11-39-31(37)38)18-44-12-10-28(46)42-32(44)47/h5-8,10,12-15,17,19,23,40H,2-4,9,11,16,18,36H2,1H3,(H4,37,38,39)(H,41,43,48)(H,42,46,47)/t19-,23+/m0/s1. The highest BCUT2D eigenvalue weighted by Crippen LogP contribution is 2.31. The molecule has 0 fully saturated rings. The number of rotatable bonds is 14. The molecule has 0 aliphatic carbocycles. The number of H-pyrrole nitrogens is 2. The van der Waals surface area contributed by atoms with E-state index >= 15 is 4.39 Å². The lowest BCUT2D eigenvalue weighted by atomic mass is 10.0. The van der Waals surface area contributed by atoms with Gasteiger partial charge in [-0.05, 0) is 74.1 Å². The monoisotopic (exact) mass is 676 g/mol. The minimum absolute atomic E-state index is 0.0217. The summed E-state index contributed by atoms with van der Waals surface area (Å²) in [5.74, 6) is -0.708. The van der Waals surface area contributed by atoms with Crippen LogP contribution in [0, 0.1) is 11.2 Å². The quantitative estimate of drug-likeness (QED) is 0.0686. The van der Waals surface area contributed by atoms with E-state index < -0.39 is 22.8 Å². The van der Waals surface area contributed by atoms with Crippen LogP contribution in [0.25, 0.3) is 28.0 Å². The van der Waals surface area contributed by atoms with Crippen molar-refractivity contribution >= 4 is 28.6 Å². The van der Waals surface area contributed by atoms with Crippen LogP contribution in [0.5, 0.6) is 0 Å². The molecule has 3 heterocycles. The SMILES string of the molecule is C[C@H](N)CCCc1cc(Cl)c(F)c(-c2cc3cn(-c4ccc(CN[C@H](CCNC(=N)N)Cn5ccc(=O)[nH]c5=O)cc4)c(=O)nc3[nH]2)c1. The van der Waals surface area contributed by atoms with E-state index in [1.807, 2.05) is 19.1 Å². The van der Waals surface area contributed by atoms with Crippen molar-refractivity contribution in [3.8, 4) is 16.9 Å². The van der Waals surface area contributed by atoms with E-state index in [0.717, 1.165) is 24.0 Å². The fourth-order valence-electron chi connectivity index (χ4n) is 5.44. The van der Waals surface area contributed by atoms with E-state index in [4.69, 9.17) is 28.5 Å². The maximum Gasteiger partial charge on any atom is 0.354 e. The van der Waals surface area contributed by atoms with Crippen molar-refractivity contribution in [2.24, 2.45) is 11.5 Å². The summed E-state index contributed by atoms with van der Waals surface area (Å²) in [5, 5.41) is 14.2. The molecule has 0 saturated carbocycles. The smallest absolute Gasteiger partial charge is 0.354 e. The predicted molar refractivity (Wildman–Crippen MR) is 185 cm³/mol. The molecule has 0 bridgehead atoms. The zero-order chi connectivity index (χ0) is 34.4. The molecule has 9 N–H and O–H groups in total. The van der Waals surface area contributed by atoms with Gasteiger partial charge in [-0.1, -0.05) is 23.7 Å². The Bertz CT molecular complexity index is 2080. The second-order valence-corrected chi connectivity index (χ2v) is 12.2. The molecule has 2 aromatic carbocycles. The van der Waals surface area contributed by atoms with Gasteiger partial charge in [0.25, 0.3) is 5.56 Å². The van der Waals surface area contributed by atoms with Gasteiger partial charge < -0.3 is 27.1 Å². The summed E-state index contributed by atoms with van der Waals surface area (Å²) in [4.78, 5) is 46.2. The first-order valence-electron chi connectivity index (χ1n) is 15.5. The Morgan fingerprint density at radius 3 is 2.56 bits per heavy atom. The highest BCUT2D eigenvalue weighted by atomic mass is 35.5. The van der Waals surface area contributed by atoms with Gasteiger partial charge in [0.1, 0.15) is 5.65 Å². The zero-order valence-electron chi connectivity index (χ0n) is 26.4. The number of aryl methyl sites for hydroxylation is 1. The Morgan fingerprint density at radius 1 is 1.08 bits per heavy atom. The van der Waals surface area contributed by atoms with Crippen molar-refractivity contribution in [3.63, 3.8) is 0 Å². The van der Waals surface area contributed by atoms with Crippen molar-refractivity contribution in [3.05, 3.63) is 114 Å². The van der Waals surface area contributed by atoms with Gasteiger partial charge in [0.15, 0.2) is 11.8 Å². The average Bonchev–Trinajstić information content (AvgIpc) is 3.44. The van der Waals surface area contributed by atoms with Crippen LogP contribution in [0.4, 0.5) is 4.39 Å². The number of nitrogens with zero attached hydrogens (tertiary/aromatic N) is 3. The fraction of sp³-hybridized carbons (Fsp3) is 0.303. The normalized spacial score (nSPS) is 12.7. The molecule has 0 amide bonds. The number of nitrogens with two attached hydrogens (primary N) is 2. The molecule has 0 aliphatic rings. The van der Waals surface area contributed by atoms with Gasteiger partial charge in [-0.2, -0.15) is 4.98 Å². The van der Waals surface area contributed by atoms with Gasteiger partial charge in [0, 0.05) is 61.1 Å². The molecule has 0 saturated heterocycles. The number of aromatic amines is 2. The maximum atomic E-state index is 15.1. The molecule has 3 aromatic heterocycles. The molecule has 5 rings (SSSR count). The van der Waals surface area contributed by atoms with Gasteiger partial charge in [-0.15, -0.1) is 0 Å². The molecule has 5 aromatic rings. The maximum absolute atomic E-state index is 15.1. The molecular weight excluding hydrogens is 639 g/mol. The first-order valence-corrected chi connectivity index (χ1v) is 15.9. The van der Waals surface area contributed by atoms with E-state index in [2.05, 4.69) is 25.6 Å². The molecule has 48 heavy (non-hydrogen) atoms. The van der Waals surface area contributed by atoms with Crippen LogP contribution in [-0.2, 0) is 19.5 Å². The summed E-state index contributed by atoms with van der Waals surface area (Å²) >= 11 is 6.25. The van der Waals surface area contributed by atoms with Crippen LogP contribution < -0.4 is 39.0 Å². The van der Waals surface area contributed by atoms with Gasteiger partial charge in [-0.3, -0.25) is 24.3 Å². The third kappa shape index (κ3) is 8.64. The van der Waals surface area contributed by atoms with Crippen molar-refractivity contribution < 1.29 is 4.39 Å². The summed E-state index contributed by atoms with van der Waals surface area (Å²) in [6.45, 7) is 3.07. The zero-order valence-corrected chi connectivity index (χ0v) is 27.1. The van der Waals surface area contributed by atoms with E-state index in [0.29, 0.717) is 53.9 Å². The first-order chi connectivity index (χ1) is 23.0. The van der Waals surface area contributed by atoms with Gasteiger partial charge in [0.2, 0.25) is 0 Å². The molecule has 0 radical (unpaired) electrons. The summed E-state index contributed by atoms with van der Waals surface area (Å²) in [6, 6.07) is 13.6. The largest absolute Gasteiger partial charge is 0.370 e. The van der Waals surface area contributed by atoms with Crippen LogP contribution in [0.1, 0.15) is 37.3 Å². The second kappa shape index (κ2) is 15.2. The Labute approximate surface area is 279 Å². The third-order valence-electron chi connectivity index (χ3n) is 7.94. The Balaban J connectivity index is 1.32. The summed E-state index contributed by atoms with van der Waals surface area (Å²) in [5.41, 5.74) is 13.3. The lowest BCUT2D eigenvalue weighted by molar-refractivity contribution is 0.412. The molecule has 2 atom stereocenters. The average molecular weight is 677 g/mol. The highest BCUT2D eigenvalue weighted by Gasteiger charge is 2.16. The molecule has 13 nitrogen and oxygen atoms in total. The van der Waals surface area contributed by atoms with Gasteiger partial charge in [-0.25, -0.2) is 14.0 Å². The Morgan fingerprint density at radius 2 is 1.85 bits per heavy atom. The molecule has 0 spiro atoms. The van der Waals surface area contributed by atoms with E-state index in [1.165, 1.54) is 21.4 Å². The van der Waals surface area contributed by atoms with Crippen LogP contribution in [0.2, 0.25) is 5.02 Å². The number of hydrogen-bond donors (Lipinski definition) is 7. The molecular formula is C33H38ClFN10O3. The van der Waals surface area contributed by atoms with Crippen molar-refractivity contribution in [1.82, 2.24) is 34.7 Å². The van der Waals surface area contributed by atoms with Gasteiger partial charge in [0.05, 0.1) is 16.4 Å². The predicted octanol–water partition coefficient (Wildman–Crippen LogP) is 2.72. The highest BCUT2D eigenvalue weighted by molar-refractivity contribution is 6.31. The fourth-order valence-corrected chi connectivity index (χ4v) is 5.68. The minimum atomic E-state index is -0.554. The first kappa shape index (κ1) is 34.3. The molecule has 0 aliphatic heterocycles. The van der Waals surface area contributed by atoms with Gasteiger partial charge >= 0.3 is 11.4 Å². The second-order valence-electron chi connectivity index (χ2n) is 11.8. The van der Waals surface area contributed by atoms with E-state index in [9.17, 15) is 14.4 Å². The van der Waals surface area contributed by atoms with Crippen LogP contribution >= 0.6 is 11.6 Å². The lowest BCUT2D eigenvalue weighted by Crippen LogP contribution is -2.41. The number of nitrogens with one attached hydrogen (secondary N) is 5. The summed E-state index contributed by atoms with van der Waals surface area (Å²) < 4.78 is 18.0. The topological polar surface area (TPSA) is 205 Å². The number of fused-ring (bicyclic) bond motifs is 1. The Hall–Kier alpha value is -5.05.